The number of hydrazone groups is 1. The predicted octanol–water partition coefficient (Wildman–Crippen LogP) is 3.68. The summed E-state index contributed by atoms with van der Waals surface area (Å²) < 4.78 is 27.0. The maximum atomic E-state index is 12.2. The van der Waals surface area contributed by atoms with Crippen molar-refractivity contribution in [3.63, 3.8) is 0 Å². The SMILES string of the molecule is Cc1ccsc1/C=N\NC(=O)c1ccc(NS(=O)(=O)c2cccs2)cc1. The molecule has 0 aliphatic rings. The van der Waals surface area contributed by atoms with Gasteiger partial charge in [0.2, 0.25) is 0 Å². The predicted molar refractivity (Wildman–Crippen MR) is 106 cm³/mol. The Morgan fingerprint density at radius 2 is 1.85 bits per heavy atom. The zero-order valence-corrected chi connectivity index (χ0v) is 16.1. The van der Waals surface area contributed by atoms with E-state index in [2.05, 4.69) is 15.2 Å². The molecule has 0 bridgehead atoms. The molecule has 0 saturated heterocycles. The lowest BCUT2D eigenvalue weighted by molar-refractivity contribution is 0.0955. The molecule has 134 valence electrons. The Labute approximate surface area is 159 Å². The number of carbonyl (C=O) groups is 1. The summed E-state index contributed by atoms with van der Waals surface area (Å²) in [5.74, 6) is -0.372. The highest BCUT2D eigenvalue weighted by atomic mass is 32.2. The number of nitrogens with zero attached hydrogens (tertiary/aromatic N) is 1. The molecule has 0 radical (unpaired) electrons. The van der Waals surface area contributed by atoms with Crippen molar-refractivity contribution in [3.8, 4) is 0 Å². The van der Waals surface area contributed by atoms with Crippen molar-refractivity contribution in [1.82, 2.24) is 5.43 Å². The summed E-state index contributed by atoms with van der Waals surface area (Å²) in [6.07, 6.45) is 1.60. The molecule has 3 aromatic rings. The van der Waals surface area contributed by atoms with Crippen molar-refractivity contribution < 1.29 is 13.2 Å². The van der Waals surface area contributed by atoms with Gasteiger partial charge in [-0.3, -0.25) is 9.52 Å². The van der Waals surface area contributed by atoms with Gasteiger partial charge in [-0.05, 0) is 59.6 Å². The molecular formula is C17H15N3O3S3. The van der Waals surface area contributed by atoms with Crippen molar-refractivity contribution in [2.45, 2.75) is 11.1 Å². The number of sulfonamides is 1. The van der Waals surface area contributed by atoms with Gasteiger partial charge in [-0.1, -0.05) is 6.07 Å². The maximum absolute atomic E-state index is 12.2. The van der Waals surface area contributed by atoms with E-state index < -0.39 is 10.0 Å². The van der Waals surface area contributed by atoms with E-state index >= 15 is 0 Å². The molecular weight excluding hydrogens is 390 g/mol. The number of rotatable bonds is 6. The first-order chi connectivity index (χ1) is 12.5. The van der Waals surface area contributed by atoms with Gasteiger partial charge in [0.15, 0.2) is 0 Å². The van der Waals surface area contributed by atoms with Gasteiger partial charge in [-0.2, -0.15) is 5.10 Å². The van der Waals surface area contributed by atoms with Crippen LogP contribution in [0.1, 0.15) is 20.8 Å². The quantitative estimate of drug-likeness (QED) is 0.484. The van der Waals surface area contributed by atoms with E-state index in [4.69, 9.17) is 0 Å². The van der Waals surface area contributed by atoms with Crippen LogP contribution >= 0.6 is 22.7 Å². The van der Waals surface area contributed by atoms with Crippen molar-refractivity contribution in [1.29, 1.82) is 0 Å². The van der Waals surface area contributed by atoms with Crippen LogP contribution in [-0.2, 0) is 10.0 Å². The lowest BCUT2D eigenvalue weighted by Crippen LogP contribution is -2.17. The van der Waals surface area contributed by atoms with E-state index in [1.807, 2.05) is 18.4 Å². The minimum atomic E-state index is -3.60. The molecule has 0 saturated carbocycles. The molecule has 3 rings (SSSR count). The Morgan fingerprint density at radius 3 is 2.46 bits per heavy atom. The Morgan fingerprint density at radius 1 is 1.08 bits per heavy atom. The molecule has 1 amide bonds. The van der Waals surface area contributed by atoms with Crippen molar-refractivity contribution in [3.05, 3.63) is 69.2 Å². The Kier molecular flexibility index (Phi) is 5.50. The minimum Gasteiger partial charge on any atom is -0.279 e. The summed E-state index contributed by atoms with van der Waals surface area (Å²) in [4.78, 5) is 13.1. The summed E-state index contributed by atoms with van der Waals surface area (Å²) in [5, 5.41) is 7.59. The second-order valence-corrected chi connectivity index (χ2v) is 9.09. The molecule has 0 aliphatic carbocycles. The molecule has 1 aromatic carbocycles. The Bertz CT molecular complexity index is 1020. The normalized spacial score (nSPS) is 11.6. The molecule has 26 heavy (non-hydrogen) atoms. The molecule has 2 aromatic heterocycles. The molecule has 2 heterocycles. The highest BCUT2D eigenvalue weighted by Gasteiger charge is 2.15. The number of amides is 1. The minimum absolute atomic E-state index is 0.234. The monoisotopic (exact) mass is 405 g/mol. The maximum Gasteiger partial charge on any atom is 0.271 e. The molecule has 2 N–H and O–H groups in total. The molecule has 0 atom stereocenters. The van der Waals surface area contributed by atoms with Gasteiger partial charge in [0, 0.05) is 16.1 Å². The second-order valence-electron chi connectivity index (χ2n) is 5.28. The summed E-state index contributed by atoms with van der Waals surface area (Å²) in [6.45, 7) is 1.97. The van der Waals surface area contributed by atoms with Crippen LogP contribution < -0.4 is 10.1 Å². The van der Waals surface area contributed by atoms with Crippen LogP contribution in [0.2, 0.25) is 0 Å². The van der Waals surface area contributed by atoms with Gasteiger partial charge in [0.25, 0.3) is 15.9 Å². The standard InChI is InChI=1S/C17H15N3O3S3/c1-12-8-10-24-15(12)11-18-19-17(21)13-4-6-14(7-5-13)20-26(22,23)16-3-2-9-25-16/h2-11,20H,1H3,(H,19,21)/b18-11-. The first-order valence-corrected chi connectivity index (χ1v) is 10.7. The van der Waals surface area contributed by atoms with Crippen LogP contribution in [0.25, 0.3) is 0 Å². The molecule has 6 nitrogen and oxygen atoms in total. The van der Waals surface area contributed by atoms with Crippen LogP contribution in [0, 0.1) is 6.92 Å². The molecule has 0 fully saturated rings. The van der Waals surface area contributed by atoms with Crippen molar-refractivity contribution >= 4 is 50.5 Å². The third-order valence-corrected chi connectivity index (χ3v) is 7.14. The van der Waals surface area contributed by atoms with E-state index in [-0.39, 0.29) is 10.1 Å². The van der Waals surface area contributed by atoms with E-state index in [1.54, 1.807) is 17.7 Å². The zero-order valence-electron chi connectivity index (χ0n) is 13.7. The fraction of sp³-hybridized carbons (Fsp3) is 0.0588. The third kappa shape index (κ3) is 4.37. The van der Waals surface area contributed by atoms with Gasteiger partial charge >= 0.3 is 0 Å². The van der Waals surface area contributed by atoms with Crippen LogP contribution in [0.3, 0.4) is 0 Å². The average Bonchev–Trinajstić information content (AvgIpc) is 3.28. The van der Waals surface area contributed by atoms with Gasteiger partial charge in [0.1, 0.15) is 4.21 Å². The first kappa shape index (κ1) is 18.3. The molecule has 0 aliphatic heterocycles. The number of hydrogen-bond acceptors (Lipinski definition) is 6. The van der Waals surface area contributed by atoms with E-state index in [0.29, 0.717) is 11.3 Å². The van der Waals surface area contributed by atoms with E-state index in [0.717, 1.165) is 21.8 Å². The Hall–Kier alpha value is -2.49. The summed E-state index contributed by atoms with van der Waals surface area (Å²) >= 11 is 2.67. The van der Waals surface area contributed by atoms with Gasteiger partial charge in [-0.25, -0.2) is 13.8 Å². The van der Waals surface area contributed by atoms with Crippen LogP contribution in [-0.4, -0.2) is 20.5 Å². The molecule has 0 unspecified atom stereocenters. The number of benzene rings is 1. The smallest absolute Gasteiger partial charge is 0.271 e. The number of carbonyl (C=O) groups excluding carboxylic acids is 1. The second kappa shape index (κ2) is 7.81. The number of anilines is 1. The lowest BCUT2D eigenvalue weighted by Gasteiger charge is -2.07. The van der Waals surface area contributed by atoms with Gasteiger partial charge in [0.05, 0.1) is 6.21 Å². The fourth-order valence-corrected chi connectivity index (χ4v) is 4.88. The molecule has 0 spiro atoms. The number of nitrogens with one attached hydrogen (secondary N) is 2. The summed E-state index contributed by atoms with van der Waals surface area (Å²) in [7, 11) is -3.60. The van der Waals surface area contributed by atoms with Crippen molar-refractivity contribution in [2.24, 2.45) is 5.10 Å². The first-order valence-electron chi connectivity index (χ1n) is 7.49. The average molecular weight is 406 g/mol. The summed E-state index contributed by atoms with van der Waals surface area (Å²) in [5.41, 5.74) is 4.31. The topological polar surface area (TPSA) is 87.6 Å². The summed E-state index contributed by atoms with van der Waals surface area (Å²) in [6, 6.07) is 11.3. The largest absolute Gasteiger partial charge is 0.279 e. The van der Waals surface area contributed by atoms with Crippen molar-refractivity contribution in [2.75, 3.05) is 4.72 Å². The van der Waals surface area contributed by atoms with Gasteiger partial charge < -0.3 is 0 Å². The van der Waals surface area contributed by atoms with Crippen LogP contribution in [0.4, 0.5) is 5.69 Å². The molecule has 9 heteroatoms. The highest BCUT2D eigenvalue weighted by Crippen LogP contribution is 2.20. The van der Waals surface area contributed by atoms with Crippen LogP contribution in [0.15, 0.2) is 62.5 Å². The van der Waals surface area contributed by atoms with Crippen LogP contribution in [0.5, 0.6) is 0 Å². The highest BCUT2D eigenvalue weighted by molar-refractivity contribution is 7.94. The number of hydrogen-bond donors (Lipinski definition) is 2. The number of aryl methyl sites for hydroxylation is 1. The fourth-order valence-electron chi connectivity index (χ4n) is 2.04. The number of thiophene rings is 2. The van der Waals surface area contributed by atoms with E-state index in [9.17, 15) is 13.2 Å². The Balaban J connectivity index is 1.63. The van der Waals surface area contributed by atoms with Gasteiger partial charge in [-0.15, -0.1) is 22.7 Å². The third-order valence-electron chi connectivity index (χ3n) is 3.41. The van der Waals surface area contributed by atoms with E-state index in [1.165, 1.54) is 41.7 Å². The zero-order chi connectivity index (χ0) is 18.6. The lowest BCUT2D eigenvalue weighted by atomic mass is 10.2.